The van der Waals surface area contributed by atoms with E-state index in [2.05, 4.69) is 30.5 Å². The molecule has 31 heavy (non-hydrogen) atoms. The fourth-order valence-corrected chi connectivity index (χ4v) is 7.83. The molecule has 0 aliphatic heterocycles. The highest BCUT2D eigenvalue weighted by Gasteiger charge is 2.59. The number of ketones is 1. The second-order valence-corrected chi connectivity index (χ2v) is 11.6. The Labute approximate surface area is 187 Å². The van der Waals surface area contributed by atoms with Crippen molar-refractivity contribution in [3.63, 3.8) is 0 Å². The van der Waals surface area contributed by atoms with Crippen LogP contribution in [-0.2, 0) is 9.59 Å². The zero-order valence-electron chi connectivity index (χ0n) is 20.0. The molecule has 3 N–H and O–H groups in total. The number of nitrogens with one attached hydrogen (secondary N) is 1. The Morgan fingerprint density at radius 3 is 2.52 bits per heavy atom. The van der Waals surface area contributed by atoms with Crippen molar-refractivity contribution in [3.8, 4) is 0 Å². The third-order valence-corrected chi connectivity index (χ3v) is 9.80. The molecule has 0 spiro atoms. The number of hydrogen-bond acceptors (Lipinski definition) is 4. The molecule has 5 heteroatoms. The van der Waals surface area contributed by atoms with E-state index in [0.717, 1.165) is 37.3 Å². The maximum Gasteiger partial charge on any atom is 0.257 e. The average Bonchev–Trinajstić information content (AvgIpc) is 3.08. The lowest BCUT2D eigenvalue weighted by Crippen LogP contribution is -2.51. The lowest BCUT2D eigenvalue weighted by Gasteiger charge is -2.58. The van der Waals surface area contributed by atoms with Gasteiger partial charge in [0, 0.05) is 5.92 Å². The van der Waals surface area contributed by atoms with Gasteiger partial charge in [0.1, 0.15) is 5.78 Å². The molecule has 0 heterocycles. The van der Waals surface area contributed by atoms with Gasteiger partial charge in [0.15, 0.2) is 0 Å². The number of hydrogen-bond donors (Lipinski definition) is 2. The number of Topliss-reactive ketones (excluding diaryl/α,β-unsaturated/α-hetero) is 1. The summed E-state index contributed by atoms with van der Waals surface area (Å²) >= 11 is 0. The molecule has 0 aromatic carbocycles. The van der Waals surface area contributed by atoms with Gasteiger partial charge in [-0.25, -0.2) is 5.43 Å². The van der Waals surface area contributed by atoms with Gasteiger partial charge in [-0.05, 0) is 98.9 Å². The molecule has 1 amide bonds. The van der Waals surface area contributed by atoms with Gasteiger partial charge in [0.2, 0.25) is 0 Å². The molecule has 0 radical (unpaired) electrons. The summed E-state index contributed by atoms with van der Waals surface area (Å²) in [6, 6.07) is -0.525. The summed E-state index contributed by atoms with van der Waals surface area (Å²) in [6.07, 6.45) is 11.4. The summed E-state index contributed by atoms with van der Waals surface area (Å²) < 4.78 is 0. The van der Waals surface area contributed by atoms with Gasteiger partial charge in [0.25, 0.3) is 5.91 Å². The zero-order valence-corrected chi connectivity index (χ0v) is 20.0. The minimum Gasteiger partial charge on any atom is -0.320 e. The number of rotatable bonds is 4. The van der Waals surface area contributed by atoms with Crippen LogP contribution in [0.2, 0.25) is 0 Å². The van der Waals surface area contributed by atoms with Crippen LogP contribution < -0.4 is 11.2 Å². The lowest BCUT2D eigenvalue weighted by molar-refractivity contribution is -0.127. The second kappa shape index (κ2) is 8.13. The van der Waals surface area contributed by atoms with E-state index in [1.54, 1.807) is 0 Å². The van der Waals surface area contributed by atoms with Crippen LogP contribution in [-0.4, -0.2) is 23.4 Å². The number of nitrogens with zero attached hydrogens (tertiary/aromatic N) is 1. The van der Waals surface area contributed by atoms with Crippen molar-refractivity contribution in [1.82, 2.24) is 5.43 Å². The van der Waals surface area contributed by atoms with Crippen LogP contribution in [0.4, 0.5) is 0 Å². The first-order chi connectivity index (χ1) is 14.6. The van der Waals surface area contributed by atoms with Crippen LogP contribution in [0.5, 0.6) is 0 Å². The Balaban J connectivity index is 1.51. The van der Waals surface area contributed by atoms with E-state index in [1.807, 2.05) is 20.8 Å². The highest BCUT2D eigenvalue weighted by Crippen LogP contribution is 2.66. The first-order valence-corrected chi connectivity index (χ1v) is 12.4. The Morgan fingerprint density at radius 1 is 1.10 bits per heavy atom. The van der Waals surface area contributed by atoms with E-state index in [0.29, 0.717) is 17.6 Å². The molecular formula is C26H41N3O2. The molecule has 0 aromatic rings. The minimum absolute atomic E-state index is 0.0960. The second-order valence-electron chi connectivity index (χ2n) is 11.6. The van der Waals surface area contributed by atoms with E-state index in [9.17, 15) is 9.59 Å². The molecule has 0 saturated heterocycles. The minimum atomic E-state index is -0.525. The third-order valence-electron chi connectivity index (χ3n) is 9.80. The molecular weight excluding hydrogens is 386 g/mol. The van der Waals surface area contributed by atoms with Gasteiger partial charge in [-0.15, -0.1) is 0 Å². The normalized spacial score (nSPS) is 41.8. The number of nitrogens with two attached hydrogens (primary N) is 1. The van der Waals surface area contributed by atoms with Gasteiger partial charge in [0.05, 0.1) is 11.8 Å². The summed E-state index contributed by atoms with van der Waals surface area (Å²) in [5.74, 6) is 2.72. The number of hydrazone groups is 1. The molecule has 7 atom stereocenters. The number of allylic oxidation sites excluding steroid dienone is 2. The summed E-state index contributed by atoms with van der Waals surface area (Å²) in [5.41, 5.74) is 11.6. The molecule has 5 nitrogen and oxygen atoms in total. The van der Waals surface area contributed by atoms with E-state index in [-0.39, 0.29) is 28.6 Å². The van der Waals surface area contributed by atoms with Crippen LogP contribution in [0.15, 0.2) is 16.8 Å². The highest BCUT2D eigenvalue weighted by atomic mass is 16.2. The third kappa shape index (κ3) is 3.71. The smallest absolute Gasteiger partial charge is 0.257 e. The summed E-state index contributed by atoms with van der Waals surface area (Å²) in [4.78, 5) is 24.5. The first kappa shape index (κ1) is 22.7. The molecule has 172 valence electrons. The van der Waals surface area contributed by atoms with E-state index >= 15 is 0 Å². The quantitative estimate of drug-likeness (QED) is 0.643. The highest BCUT2D eigenvalue weighted by molar-refractivity contribution is 5.97. The fourth-order valence-electron chi connectivity index (χ4n) is 7.83. The molecule has 3 fully saturated rings. The van der Waals surface area contributed by atoms with Crippen molar-refractivity contribution >= 4 is 17.4 Å². The van der Waals surface area contributed by atoms with Crippen molar-refractivity contribution in [2.75, 3.05) is 0 Å². The first-order valence-electron chi connectivity index (χ1n) is 12.4. The Hall–Kier alpha value is -1.49. The van der Waals surface area contributed by atoms with Crippen molar-refractivity contribution < 1.29 is 9.59 Å². The Morgan fingerprint density at radius 2 is 1.84 bits per heavy atom. The summed E-state index contributed by atoms with van der Waals surface area (Å²) in [6.45, 7) is 10.6. The van der Waals surface area contributed by atoms with Crippen molar-refractivity contribution in [2.24, 2.45) is 51.3 Å². The van der Waals surface area contributed by atoms with Gasteiger partial charge < -0.3 is 5.73 Å². The number of carbonyl (C=O) groups excluding carboxylic acids is 2. The molecule has 4 aliphatic rings. The predicted molar refractivity (Wildman–Crippen MR) is 124 cm³/mol. The lowest BCUT2D eigenvalue weighted by atomic mass is 9.46. The van der Waals surface area contributed by atoms with Crippen LogP contribution in [0.1, 0.15) is 86.0 Å². The summed E-state index contributed by atoms with van der Waals surface area (Å²) in [7, 11) is 0. The van der Waals surface area contributed by atoms with Crippen LogP contribution in [0, 0.1) is 40.4 Å². The number of fused-ring (bicyclic) bond motifs is 5. The maximum atomic E-state index is 12.3. The van der Waals surface area contributed by atoms with Crippen molar-refractivity contribution in [3.05, 3.63) is 11.6 Å². The molecule has 3 saturated carbocycles. The van der Waals surface area contributed by atoms with E-state index in [4.69, 9.17) is 5.73 Å². The van der Waals surface area contributed by atoms with Crippen LogP contribution in [0.3, 0.4) is 0 Å². The Bertz CT molecular complexity index is 815. The van der Waals surface area contributed by atoms with Crippen LogP contribution >= 0.6 is 0 Å². The van der Waals surface area contributed by atoms with Gasteiger partial charge in [-0.3, -0.25) is 9.59 Å². The molecule has 7 unspecified atom stereocenters. The molecule has 0 bridgehead atoms. The number of carbonyl (C=O) groups is 2. The van der Waals surface area contributed by atoms with E-state index in [1.165, 1.54) is 31.3 Å². The Kier molecular flexibility index (Phi) is 5.95. The molecule has 4 rings (SSSR count). The average molecular weight is 428 g/mol. The van der Waals surface area contributed by atoms with Crippen molar-refractivity contribution in [2.45, 2.75) is 92.0 Å². The standard InChI is InChI=1S/C26H41N3O2/c1-15(2)23(27)24(31)29-28-18-10-12-25(4)17(14-18)6-7-19-21-9-8-20(16(3)30)26(21,5)13-11-22(19)25/h14-15,19-23H,6-13,27H2,1-5H3,(H,29,31)/b28-18-. The van der Waals surface area contributed by atoms with Crippen LogP contribution in [0.25, 0.3) is 0 Å². The fraction of sp³-hybridized carbons (Fsp3) is 0.808. The van der Waals surface area contributed by atoms with E-state index < -0.39 is 6.04 Å². The monoisotopic (exact) mass is 427 g/mol. The van der Waals surface area contributed by atoms with Crippen molar-refractivity contribution in [1.29, 1.82) is 0 Å². The number of amides is 1. The topological polar surface area (TPSA) is 84.5 Å². The predicted octanol–water partition coefficient (Wildman–Crippen LogP) is 4.61. The maximum absolute atomic E-state index is 12.3. The zero-order chi connectivity index (χ0) is 22.6. The molecule has 4 aliphatic carbocycles. The largest absolute Gasteiger partial charge is 0.320 e. The SMILES string of the molecule is CC(=O)C1CCC2C3CCC4=C/C(=N\NC(=O)C(N)C(C)C)CCC4(C)C3CCC12C. The van der Waals surface area contributed by atoms with Gasteiger partial charge >= 0.3 is 0 Å². The molecule has 0 aromatic heterocycles. The van der Waals surface area contributed by atoms with Gasteiger partial charge in [-0.1, -0.05) is 33.3 Å². The van der Waals surface area contributed by atoms with Gasteiger partial charge in [-0.2, -0.15) is 5.10 Å². The summed E-state index contributed by atoms with van der Waals surface area (Å²) in [5, 5.41) is 4.43.